The molecule has 3 aromatic carbocycles. The predicted molar refractivity (Wildman–Crippen MR) is 167 cm³/mol. The fraction of sp³-hybridized carbons (Fsp3) is 0.226. The molecule has 0 saturated carbocycles. The molecule has 3 amide bonds. The number of fused-ring (bicyclic) bond motifs is 2. The lowest BCUT2D eigenvalue weighted by atomic mass is 9.83. The van der Waals surface area contributed by atoms with Crippen molar-refractivity contribution in [3.63, 3.8) is 0 Å². The van der Waals surface area contributed by atoms with Crippen LogP contribution in [0.2, 0.25) is 5.02 Å². The van der Waals surface area contributed by atoms with Crippen molar-refractivity contribution in [2.24, 2.45) is 5.92 Å². The summed E-state index contributed by atoms with van der Waals surface area (Å²) < 4.78 is 12.3. The van der Waals surface area contributed by atoms with E-state index in [9.17, 15) is 19.2 Å². The number of imide groups is 1. The van der Waals surface area contributed by atoms with Gasteiger partial charge in [0.15, 0.2) is 11.5 Å². The summed E-state index contributed by atoms with van der Waals surface area (Å²) in [6, 6.07) is 19.2. The standard InChI is InChI=1S/C31H26ClN3O6S2/c1-16-4-11-20(12-5-16)35-28(37)25-24(17-6-13-21(40-2)22(14-17)41-3)27-30(42-26(25)29(35)38)34(31(39)43-27)15-23(36)33-19-9-7-18(32)8-10-19/h4-14,24-26H,15H2,1-3H3,(H,33,36)/t24-,25+,26-/m0/s1. The summed E-state index contributed by atoms with van der Waals surface area (Å²) in [5.41, 5.74) is 2.72. The van der Waals surface area contributed by atoms with Crippen molar-refractivity contribution in [2.45, 2.75) is 29.7 Å². The Labute approximate surface area is 260 Å². The van der Waals surface area contributed by atoms with E-state index in [1.807, 2.05) is 25.1 Å². The van der Waals surface area contributed by atoms with Gasteiger partial charge in [0.1, 0.15) is 11.8 Å². The van der Waals surface area contributed by atoms with Gasteiger partial charge in [-0.25, -0.2) is 4.90 Å². The number of anilines is 2. The number of thiazole rings is 1. The molecule has 6 rings (SSSR count). The molecule has 0 radical (unpaired) electrons. The molecule has 2 aliphatic rings. The van der Waals surface area contributed by atoms with Gasteiger partial charge in [0.2, 0.25) is 17.7 Å². The highest BCUT2D eigenvalue weighted by atomic mass is 35.5. The molecule has 0 bridgehead atoms. The molecule has 1 N–H and O–H groups in total. The molecule has 43 heavy (non-hydrogen) atoms. The summed E-state index contributed by atoms with van der Waals surface area (Å²) in [7, 11) is 3.05. The molecule has 0 unspecified atom stereocenters. The largest absolute Gasteiger partial charge is 0.493 e. The van der Waals surface area contributed by atoms with Crippen molar-refractivity contribution in [3.8, 4) is 11.5 Å². The van der Waals surface area contributed by atoms with Crippen molar-refractivity contribution in [1.29, 1.82) is 0 Å². The first-order valence-corrected chi connectivity index (χ1v) is 15.4. The summed E-state index contributed by atoms with van der Waals surface area (Å²) in [6.07, 6.45) is 0. The highest BCUT2D eigenvalue weighted by molar-refractivity contribution is 8.00. The number of amides is 3. The van der Waals surface area contributed by atoms with Crippen LogP contribution >= 0.6 is 34.7 Å². The Kier molecular flexibility index (Phi) is 7.80. The van der Waals surface area contributed by atoms with Crippen LogP contribution in [-0.2, 0) is 20.9 Å². The second-order valence-corrected chi connectivity index (χ2v) is 12.7. The summed E-state index contributed by atoms with van der Waals surface area (Å²) in [5.74, 6) is -1.57. The Bertz CT molecular complexity index is 1800. The van der Waals surface area contributed by atoms with E-state index in [0.29, 0.717) is 43.4 Å². The maximum Gasteiger partial charge on any atom is 0.308 e. The van der Waals surface area contributed by atoms with Crippen LogP contribution in [0.1, 0.15) is 21.9 Å². The van der Waals surface area contributed by atoms with E-state index in [2.05, 4.69) is 5.32 Å². The van der Waals surface area contributed by atoms with E-state index < -0.39 is 23.0 Å². The average molecular weight is 636 g/mol. The smallest absolute Gasteiger partial charge is 0.308 e. The second kappa shape index (κ2) is 11.6. The van der Waals surface area contributed by atoms with Crippen LogP contribution in [0.5, 0.6) is 11.5 Å². The number of rotatable bonds is 7. The number of halogens is 1. The van der Waals surface area contributed by atoms with Crippen LogP contribution in [0.3, 0.4) is 0 Å². The molecule has 9 nitrogen and oxygen atoms in total. The van der Waals surface area contributed by atoms with Crippen LogP contribution in [0.4, 0.5) is 11.4 Å². The Hall–Kier alpha value is -4.06. The number of carbonyl (C=O) groups is 3. The first kappa shape index (κ1) is 29.0. The topological polar surface area (TPSA) is 107 Å². The van der Waals surface area contributed by atoms with E-state index in [1.54, 1.807) is 48.5 Å². The van der Waals surface area contributed by atoms with Crippen LogP contribution in [-0.4, -0.2) is 41.8 Å². The number of hydrogen-bond donors (Lipinski definition) is 1. The van der Waals surface area contributed by atoms with Crippen molar-refractivity contribution in [1.82, 2.24) is 4.57 Å². The summed E-state index contributed by atoms with van der Waals surface area (Å²) in [4.78, 5) is 55.9. The van der Waals surface area contributed by atoms with E-state index in [1.165, 1.54) is 23.7 Å². The molecular formula is C31H26ClN3O6S2. The number of ether oxygens (including phenoxy) is 2. The number of hydrogen-bond acceptors (Lipinski definition) is 8. The Morgan fingerprint density at radius 2 is 1.63 bits per heavy atom. The third-order valence-electron chi connectivity index (χ3n) is 7.54. The minimum atomic E-state index is -0.807. The van der Waals surface area contributed by atoms with E-state index >= 15 is 0 Å². The van der Waals surface area contributed by atoms with Crippen molar-refractivity contribution in [3.05, 3.63) is 97.4 Å². The van der Waals surface area contributed by atoms with Gasteiger partial charge >= 0.3 is 4.87 Å². The number of aromatic nitrogens is 1. The number of nitrogens with one attached hydrogen (secondary N) is 1. The first-order valence-electron chi connectivity index (χ1n) is 13.3. The number of carbonyl (C=O) groups excluding carboxylic acids is 3. The van der Waals surface area contributed by atoms with Gasteiger partial charge < -0.3 is 14.8 Å². The fourth-order valence-corrected chi connectivity index (χ4v) is 8.39. The molecule has 220 valence electrons. The molecule has 1 saturated heterocycles. The predicted octanol–water partition coefficient (Wildman–Crippen LogP) is 5.32. The zero-order chi connectivity index (χ0) is 30.4. The molecule has 12 heteroatoms. The number of benzene rings is 3. The lowest BCUT2D eigenvalue weighted by Gasteiger charge is -2.31. The second-order valence-electron chi connectivity index (χ2n) is 10.2. The van der Waals surface area contributed by atoms with E-state index in [4.69, 9.17) is 21.1 Å². The number of aryl methyl sites for hydroxylation is 1. The number of nitrogens with zero attached hydrogens (tertiary/aromatic N) is 2. The Morgan fingerprint density at radius 1 is 0.930 bits per heavy atom. The average Bonchev–Trinajstić information content (AvgIpc) is 3.44. The molecular weight excluding hydrogens is 610 g/mol. The van der Waals surface area contributed by atoms with Gasteiger partial charge in [-0.05, 0) is 61.0 Å². The minimum absolute atomic E-state index is 0.264. The zero-order valence-electron chi connectivity index (χ0n) is 23.3. The summed E-state index contributed by atoms with van der Waals surface area (Å²) in [5, 5.41) is 3.01. The highest BCUT2D eigenvalue weighted by Gasteiger charge is 2.57. The lowest BCUT2D eigenvalue weighted by Crippen LogP contribution is -2.33. The fourth-order valence-electron chi connectivity index (χ4n) is 5.49. The van der Waals surface area contributed by atoms with Crippen LogP contribution < -0.4 is 24.6 Å². The summed E-state index contributed by atoms with van der Waals surface area (Å²) in [6.45, 7) is 1.67. The van der Waals surface area contributed by atoms with Crippen LogP contribution in [0, 0.1) is 12.8 Å². The van der Waals surface area contributed by atoms with Crippen molar-refractivity contribution < 1.29 is 23.9 Å². The molecule has 2 aliphatic heterocycles. The molecule has 1 fully saturated rings. The van der Waals surface area contributed by atoms with Crippen LogP contribution in [0.25, 0.3) is 0 Å². The van der Waals surface area contributed by atoms with Gasteiger partial charge in [0.05, 0.1) is 30.9 Å². The van der Waals surface area contributed by atoms with Gasteiger partial charge in [-0.1, -0.05) is 58.5 Å². The normalized spacial score (nSPS) is 19.2. The lowest BCUT2D eigenvalue weighted by molar-refractivity contribution is -0.122. The Balaban J connectivity index is 1.43. The number of methoxy groups -OCH3 is 2. The molecule has 3 atom stereocenters. The Morgan fingerprint density at radius 3 is 2.30 bits per heavy atom. The van der Waals surface area contributed by atoms with Gasteiger partial charge in [0, 0.05) is 21.5 Å². The zero-order valence-corrected chi connectivity index (χ0v) is 25.7. The van der Waals surface area contributed by atoms with Crippen LogP contribution in [0.15, 0.2) is 76.6 Å². The van der Waals surface area contributed by atoms with E-state index in [-0.39, 0.29) is 23.2 Å². The molecule has 1 aromatic heterocycles. The molecule has 0 spiro atoms. The van der Waals surface area contributed by atoms with Gasteiger partial charge in [0.25, 0.3) is 0 Å². The molecule has 3 heterocycles. The highest BCUT2D eigenvalue weighted by Crippen LogP contribution is 2.54. The van der Waals surface area contributed by atoms with Gasteiger partial charge in [-0.2, -0.15) is 0 Å². The van der Waals surface area contributed by atoms with Gasteiger partial charge in [-0.15, -0.1) is 0 Å². The molecule has 4 aromatic rings. The van der Waals surface area contributed by atoms with Gasteiger partial charge in [-0.3, -0.25) is 23.7 Å². The quantitative estimate of drug-likeness (QED) is 0.274. The molecule has 0 aliphatic carbocycles. The SMILES string of the molecule is COc1ccc([C@@H]2c3sc(=O)n(CC(=O)Nc4ccc(Cl)cc4)c3S[C@@H]3C(=O)N(c4ccc(C)cc4)C(=O)[C@H]23)cc1OC. The first-order chi connectivity index (χ1) is 20.7. The van der Waals surface area contributed by atoms with E-state index in [0.717, 1.165) is 28.7 Å². The summed E-state index contributed by atoms with van der Waals surface area (Å²) >= 11 is 8.10. The third kappa shape index (κ3) is 5.21. The third-order valence-corrected chi connectivity index (χ3v) is 10.4. The monoisotopic (exact) mass is 635 g/mol. The minimum Gasteiger partial charge on any atom is -0.493 e. The maximum atomic E-state index is 14.1. The maximum absolute atomic E-state index is 14.1. The van der Waals surface area contributed by atoms with Crippen molar-refractivity contribution in [2.75, 3.05) is 24.4 Å². The number of thioether (sulfide) groups is 1. The van der Waals surface area contributed by atoms with Crippen molar-refractivity contribution >= 4 is 63.8 Å².